The normalized spacial score (nSPS) is 11.6. The molecule has 17 heavy (non-hydrogen) atoms. The average Bonchev–Trinajstić information content (AvgIpc) is 2.28. The summed E-state index contributed by atoms with van der Waals surface area (Å²) in [7, 11) is -3.30. The fraction of sp³-hybridized carbons (Fsp3) is 0.500. The van der Waals surface area contributed by atoms with Gasteiger partial charge >= 0.3 is 0 Å². The molecule has 1 aromatic carbocycles. The molecule has 4 nitrogen and oxygen atoms in total. The number of nitrogens with one attached hydrogen (secondary N) is 1. The van der Waals surface area contributed by atoms with Crippen LogP contribution in [0.5, 0.6) is 0 Å². The molecule has 0 aliphatic heterocycles. The first-order chi connectivity index (χ1) is 8.08. The number of hydrogen-bond acceptors (Lipinski definition) is 3. The predicted molar refractivity (Wildman–Crippen MR) is 70.2 cm³/mol. The number of rotatable bonds is 8. The van der Waals surface area contributed by atoms with Gasteiger partial charge in [-0.2, -0.15) is 0 Å². The van der Waals surface area contributed by atoms with E-state index < -0.39 is 10.0 Å². The highest BCUT2D eigenvalue weighted by molar-refractivity contribution is 7.89. The van der Waals surface area contributed by atoms with Crippen molar-refractivity contribution in [3.63, 3.8) is 0 Å². The van der Waals surface area contributed by atoms with Crippen LogP contribution < -0.4 is 10.5 Å². The van der Waals surface area contributed by atoms with Crippen LogP contribution in [0.3, 0.4) is 0 Å². The van der Waals surface area contributed by atoms with Gasteiger partial charge in [0, 0.05) is 0 Å². The predicted octanol–water partition coefficient (Wildman–Crippen LogP) is 0.887. The lowest BCUT2D eigenvalue weighted by Crippen LogP contribution is -2.23. The highest BCUT2D eigenvalue weighted by Crippen LogP contribution is 2.01. The molecule has 0 saturated heterocycles. The first-order valence-corrected chi connectivity index (χ1v) is 7.54. The van der Waals surface area contributed by atoms with Gasteiger partial charge in [0.05, 0.1) is 5.75 Å². The van der Waals surface area contributed by atoms with Gasteiger partial charge in [-0.1, -0.05) is 30.3 Å². The Hall–Kier alpha value is -0.910. The Kier molecular flexibility index (Phi) is 6.18. The fourth-order valence-corrected chi connectivity index (χ4v) is 2.13. The number of benzene rings is 1. The lowest BCUT2D eigenvalue weighted by atomic mass is 10.1. The summed E-state index contributed by atoms with van der Waals surface area (Å²) >= 11 is 0. The lowest BCUT2D eigenvalue weighted by Gasteiger charge is -2.04. The van der Waals surface area contributed by atoms with Crippen LogP contribution in [-0.2, 0) is 16.4 Å². The summed E-state index contributed by atoms with van der Waals surface area (Å²) in [5, 5.41) is 8.11. The van der Waals surface area contributed by atoms with E-state index in [0.29, 0.717) is 13.0 Å². The Balaban J connectivity index is 1.99. The van der Waals surface area contributed by atoms with Crippen LogP contribution in [0.15, 0.2) is 30.3 Å². The summed E-state index contributed by atoms with van der Waals surface area (Å²) in [5.41, 5.74) is 1.33. The Labute approximate surface area is 103 Å². The second-order valence-electron chi connectivity index (χ2n) is 4.06. The summed E-state index contributed by atoms with van der Waals surface area (Å²) in [6.45, 7) is 1.60. The fourth-order valence-electron chi connectivity index (χ4n) is 1.59. The van der Waals surface area contributed by atoms with Crippen LogP contribution in [0, 0.1) is 0 Å². The first kappa shape index (κ1) is 14.2. The van der Waals surface area contributed by atoms with E-state index in [0.717, 1.165) is 19.4 Å². The molecule has 0 saturated carbocycles. The van der Waals surface area contributed by atoms with Gasteiger partial charge in [0.25, 0.3) is 0 Å². The number of hydrogen-bond donors (Lipinski definition) is 2. The zero-order valence-corrected chi connectivity index (χ0v) is 10.7. The van der Waals surface area contributed by atoms with Crippen molar-refractivity contribution >= 4 is 10.0 Å². The molecule has 96 valence electrons. The molecule has 0 aliphatic carbocycles. The molecule has 0 bridgehead atoms. The third kappa shape index (κ3) is 7.90. The van der Waals surface area contributed by atoms with Crippen molar-refractivity contribution in [1.82, 2.24) is 5.32 Å². The summed E-state index contributed by atoms with van der Waals surface area (Å²) in [6, 6.07) is 10.3. The Morgan fingerprint density at radius 3 is 2.35 bits per heavy atom. The van der Waals surface area contributed by atoms with Crippen molar-refractivity contribution < 1.29 is 8.42 Å². The van der Waals surface area contributed by atoms with E-state index in [-0.39, 0.29) is 5.75 Å². The van der Waals surface area contributed by atoms with E-state index in [2.05, 4.69) is 17.4 Å². The molecule has 0 spiro atoms. The molecule has 0 unspecified atom stereocenters. The zero-order chi connectivity index (χ0) is 12.6. The minimum Gasteiger partial charge on any atom is -0.317 e. The minimum atomic E-state index is -3.30. The third-order valence-electron chi connectivity index (χ3n) is 2.44. The van der Waals surface area contributed by atoms with Gasteiger partial charge < -0.3 is 5.32 Å². The molecule has 0 radical (unpaired) electrons. The van der Waals surface area contributed by atoms with Gasteiger partial charge in [0.1, 0.15) is 0 Å². The van der Waals surface area contributed by atoms with Crippen LogP contribution >= 0.6 is 0 Å². The summed E-state index contributed by atoms with van der Waals surface area (Å²) in [6.07, 6.45) is 2.67. The molecule has 5 heteroatoms. The van der Waals surface area contributed by atoms with Crippen LogP contribution in [0.2, 0.25) is 0 Å². The van der Waals surface area contributed by atoms with Crippen LogP contribution in [-0.4, -0.2) is 27.3 Å². The number of primary sulfonamides is 1. The maximum Gasteiger partial charge on any atom is 0.209 e. The standard InChI is InChI=1S/C12H20N2O2S/c13-17(15,16)11-5-10-14-9-4-8-12-6-2-1-3-7-12/h1-3,6-7,14H,4-5,8-11H2,(H2,13,15,16). The summed E-state index contributed by atoms with van der Waals surface area (Å²) < 4.78 is 21.3. The molecule has 0 atom stereocenters. The molecule has 0 amide bonds. The van der Waals surface area contributed by atoms with Crippen molar-refractivity contribution in [2.75, 3.05) is 18.8 Å². The van der Waals surface area contributed by atoms with Gasteiger partial charge in [0.2, 0.25) is 10.0 Å². The molecule has 0 heterocycles. The topological polar surface area (TPSA) is 72.2 Å². The van der Waals surface area contributed by atoms with E-state index in [9.17, 15) is 8.42 Å². The van der Waals surface area contributed by atoms with Crippen LogP contribution in [0.1, 0.15) is 18.4 Å². The smallest absolute Gasteiger partial charge is 0.209 e. The van der Waals surface area contributed by atoms with Crippen molar-refractivity contribution in [2.45, 2.75) is 19.3 Å². The second-order valence-corrected chi connectivity index (χ2v) is 5.79. The van der Waals surface area contributed by atoms with Crippen molar-refractivity contribution in [2.24, 2.45) is 5.14 Å². The maximum absolute atomic E-state index is 10.7. The monoisotopic (exact) mass is 256 g/mol. The SMILES string of the molecule is NS(=O)(=O)CCCNCCCc1ccccc1. The van der Waals surface area contributed by atoms with E-state index >= 15 is 0 Å². The average molecular weight is 256 g/mol. The first-order valence-electron chi connectivity index (χ1n) is 5.83. The Morgan fingerprint density at radius 2 is 1.71 bits per heavy atom. The molecule has 0 aromatic heterocycles. The summed E-state index contributed by atoms with van der Waals surface area (Å²) in [4.78, 5) is 0. The van der Waals surface area contributed by atoms with E-state index in [1.54, 1.807) is 0 Å². The molecule has 1 aromatic rings. The molecular weight excluding hydrogens is 236 g/mol. The number of aryl methyl sites for hydroxylation is 1. The molecule has 0 aliphatic rings. The Morgan fingerprint density at radius 1 is 1.06 bits per heavy atom. The summed E-state index contributed by atoms with van der Waals surface area (Å²) in [5.74, 6) is 0.0543. The highest BCUT2D eigenvalue weighted by Gasteiger charge is 2.00. The third-order valence-corrected chi connectivity index (χ3v) is 3.30. The van der Waals surface area contributed by atoms with Crippen molar-refractivity contribution in [1.29, 1.82) is 0 Å². The van der Waals surface area contributed by atoms with Gasteiger partial charge in [-0.05, 0) is 37.9 Å². The van der Waals surface area contributed by atoms with Crippen LogP contribution in [0.4, 0.5) is 0 Å². The number of nitrogens with two attached hydrogens (primary N) is 1. The Bertz CT molecular complexity index is 404. The lowest BCUT2D eigenvalue weighted by molar-refractivity contribution is 0.588. The zero-order valence-electron chi connectivity index (χ0n) is 9.93. The van der Waals surface area contributed by atoms with Crippen molar-refractivity contribution in [3.05, 3.63) is 35.9 Å². The quantitative estimate of drug-likeness (QED) is 0.678. The van der Waals surface area contributed by atoms with Gasteiger partial charge in [-0.15, -0.1) is 0 Å². The van der Waals surface area contributed by atoms with Gasteiger partial charge in [-0.25, -0.2) is 13.6 Å². The number of sulfonamides is 1. The van der Waals surface area contributed by atoms with Gasteiger partial charge in [-0.3, -0.25) is 0 Å². The maximum atomic E-state index is 10.7. The van der Waals surface area contributed by atoms with Crippen molar-refractivity contribution in [3.8, 4) is 0 Å². The van der Waals surface area contributed by atoms with Gasteiger partial charge in [0.15, 0.2) is 0 Å². The molecule has 1 rings (SSSR count). The molecule has 0 fully saturated rings. The minimum absolute atomic E-state index is 0.0543. The second kappa shape index (κ2) is 7.42. The highest BCUT2D eigenvalue weighted by atomic mass is 32.2. The largest absolute Gasteiger partial charge is 0.317 e. The van der Waals surface area contributed by atoms with E-state index in [1.165, 1.54) is 5.56 Å². The van der Waals surface area contributed by atoms with E-state index in [1.807, 2.05) is 18.2 Å². The molecular formula is C12H20N2O2S. The van der Waals surface area contributed by atoms with E-state index in [4.69, 9.17) is 5.14 Å². The van der Waals surface area contributed by atoms with Crippen LogP contribution in [0.25, 0.3) is 0 Å². The molecule has 3 N–H and O–H groups in total.